The molecular formula is C19H27ClFNO3S. The van der Waals surface area contributed by atoms with Crippen molar-refractivity contribution in [1.29, 1.82) is 0 Å². The zero-order valence-corrected chi connectivity index (χ0v) is 17.3. The smallest absolute Gasteiger partial charge is 0.319 e. The number of ether oxygens (including phenoxy) is 1. The predicted molar refractivity (Wildman–Crippen MR) is 105 cm³/mol. The highest BCUT2D eigenvalue weighted by Gasteiger charge is 2.23. The van der Waals surface area contributed by atoms with E-state index in [1.54, 1.807) is 6.92 Å². The first-order valence-electron chi connectivity index (χ1n) is 8.94. The van der Waals surface area contributed by atoms with E-state index >= 15 is 0 Å². The van der Waals surface area contributed by atoms with Crippen molar-refractivity contribution < 1.29 is 18.7 Å². The molecule has 0 saturated carbocycles. The lowest BCUT2D eigenvalue weighted by molar-refractivity contribution is -0.142. The van der Waals surface area contributed by atoms with E-state index in [4.69, 9.17) is 16.3 Å². The number of esters is 1. The number of hydrogen-bond acceptors (Lipinski definition) is 4. The fourth-order valence-corrected chi connectivity index (χ4v) is 3.72. The first-order valence-corrected chi connectivity index (χ1v) is 10.2. The van der Waals surface area contributed by atoms with Crippen LogP contribution in [0.15, 0.2) is 17.0 Å². The summed E-state index contributed by atoms with van der Waals surface area (Å²) >= 11 is 7.38. The Morgan fingerprint density at radius 1 is 1.31 bits per heavy atom. The van der Waals surface area contributed by atoms with E-state index in [0.29, 0.717) is 24.3 Å². The molecule has 0 aliphatic heterocycles. The summed E-state index contributed by atoms with van der Waals surface area (Å²) in [4.78, 5) is 24.7. The maximum atomic E-state index is 14.2. The number of carbonyl (C=O) groups is 2. The van der Waals surface area contributed by atoms with Gasteiger partial charge < -0.3 is 10.1 Å². The Bertz CT molecular complexity index is 627. The molecule has 1 aromatic carbocycles. The molecule has 1 N–H and O–H groups in total. The van der Waals surface area contributed by atoms with Crippen LogP contribution in [0.3, 0.4) is 0 Å². The number of thioether (sulfide) groups is 1. The van der Waals surface area contributed by atoms with Crippen molar-refractivity contribution in [3.05, 3.63) is 23.0 Å². The van der Waals surface area contributed by atoms with Crippen molar-refractivity contribution in [3.8, 4) is 0 Å². The van der Waals surface area contributed by atoms with Crippen LogP contribution in [0.25, 0.3) is 0 Å². The first kappa shape index (κ1) is 22.8. The van der Waals surface area contributed by atoms with Gasteiger partial charge in [-0.25, -0.2) is 4.39 Å². The van der Waals surface area contributed by atoms with Gasteiger partial charge in [0.1, 0.15) is 11.1 Å². The van der Waals surface area contributed by atoms with Crippen LogP contribution in [0.2, 0.25) is 5.02 Å². The van der Waals surface area contributed by atoms with Crippen molar-refractivity contribution in [1.82, 2.24) is 0 Å². The summed E-state index contributed by atoms with van der Waals surface area (Å²) in [5.74, 6) is -0.939. The van der Waals surface area contributed by atoms with Crippen LogP contribution in [0.5, 0.6) is 0 Å². The summed E-state index contributed by atoms with van der Waals surface area (Å²) in [7, 11) is 0. The molecule has 0 aromatic heterocycles. The van der Waals surface area contributed by atoms with Crippen LogP contribution < -0.4 is 5.32 Å². The maximum absolute atomic E-state index is 14.2. The van der Waals surface area contributed by atoms with Crippen molar-refractivity contribution in [2.75, 3.05) is 11.9 Å². The molecule has 2 atom stereocenters. The van der Waals surface area contributed by atoms with Crippen LogP contribution in [0.1, 0.15) is 53.4 Å². The number of carbonyl (C=O) groups excluding carboxylic acids is 2. The second-order valence-corrected chi connectivity index (χ2v) is 7.83. The van der Waals surface area contributed by atoms with E-state index in [1.165, 1.54) is 17.8 Å². The molecule has 0 bridgehead atoms. The van der Waals surface area contributed by atoms with Gasteiger partial charge in [-0.05, 0) is 31.4 Å². The third-order valence-corrected chi connectivity index (χ3v) is 5.63. The molecule has 0 spiro atoms. The van der Waals surface area contributed by atoms with E-state index in [0.717, 1.165) is 18.9 Å². The Morgan fingerprint density at radius 2 is 2.00 bits per heavy atom. The minimum Gasteiger partial charge on any atom is -0.465 e. The molecule has 26 heavy (non-hydrogen) atoms. The zero-order chi connectivity index (χ0) is 19.7. The molecule has 1 aromatic rings. The highest BCUT2D eigenvalue weighted by molar-refractivity contribution is 8.00. The molecule has 1 amide bonds. The second kappa shape index (κ2) is 11.4. The van der Waals surface area contributed by atoms with Crippen LogP contribution in [-0.4, -0.2) is 23.7 Å². The zero-order valence-electron chi connectivity index (χ0n) is 15.7. The van der Waals surface area contributed by atoms with E-state index in [1.807, 2.05) is 20.8 Å². The molecule has 0 aliphatic rings. The van der Waals surface area contributed by atoms with Crippen LogP contribution in [0, 0.1) is 11.7 Å². The molecule has 4 nitrogen and oxygen atoms in total. The average molecular weight is 404 g/mol. The van der Waals surface area contributed by atoms with Gasteiger partial charge >= 0.3 is 5.97 Å². The first-order chi connectivity index (χ1) is 12.3. The molecule has 146 valence electrons. The van der Waals surface area contributed by atoms with Crippen LogP contribution >= 0.6 is 23.4 Å². The molecule has 1 rings (SSSR count). The Labute approximate surface area is 164 Å². The topological polar surface area (TPSA) is 55.4 Å². The third-order valence-electron chi connectivity index (χ3n) is 3.90. The molecule has 0 fully saturated rings. The molecule has 0 aliphatic carbocycles. The number of halogens is 2. The Hall–Kier alpha value is -1.27. The quantitative estimate of drug-likeness (QED) is 0.403. The number of benzene rings is 1. The molecule has 2 unspecified atom stereocenters. The summed E-state index contributed by atoms with van der Waals surface area (Å²) in [5, 5.41) is 2.38. The average Bonchev–Trinajstić information content (AvgIpc) is 2.58. The van der Waals surface area contributed by atoms with Crippen molar-refractivity contribution >= 4 is 40.9 Å². The minimum atomic E-state index is -0.597. The summed E-state index contributed by atoms with van der Waals surface area (Å²) in [5.41, 5.74) is 0.0734. The van der Waals surface area contributed by atoms with Gasteiger partial charge in [-0.2, -0.15) is 0 Å². The van der Waals surface area contributed by atoms with Crippen molar-refractivity contribution in [2.45, 2.75) is 63.5 Å². The van der Waals surface area contributed by atoms with Crippen LogP contribution in [0.4, 0.5) is 10.1 Å². The number of anilines is 1. The van der Waals surface area contributed by atoms with Gasteiger partial charge in [0.15, 0.2) is 0 Å². The van der Waals surface area contributed by atoms with E-state index in [2.05, 4.69) is 5.32 Å². The Kier molecular flexibility index (Phi) is 10.0. The van der Waals surface area contributed by atoms with Gasteiger partial charge in [-0.3, -0.25) is 9.59 Å². The minimum absolute atomic E-state index is 0.0734. The standard InChI is InChI=1S/C19H27ClFNO3S/c1-5-8-16(19(24)25-7-3)26-17-11-15(14(21)10-13(17)20)22-18(23)9-12(4)6-2/h10-12,16H,5-9H2,1-4H3,(H,22,23). The number of hydrogen-bond donors (Lipinski definition) is 1. The van der Waals surface area contributed by atoms with Gasteiger partial charge in [0.2, 0.25) is 5.91 Å². The van der Waals surface area contributed by atoms with Gasteiger partial charge in [0.25, 0.3) is 0 Å². The molecule has 0 heterocycles. The highest BCUT2D eigenvalue weighted by Crippen LogP contribution is 2.36. The monoisotopic (exact) mass is 403 g/mol. The summed E-state index contributed by atoms with van der Waals surface area (Å²) in [6.45, 7) is 7.99. The predicted octanol–water partition coefficient (Wildman–Crippen LogP) is 5.68. The maximum Gasteiger partial charge on any atom is 0.319 e. The summed E-state index contributed by atoms with van der Waals surface area (Å²) in [6.07, 6.45) is 2.61. The lowest BCUT2D eigenvalue weighted by Crippen LogP contribution is -2.20. The third kappa shape index (κ3) is 7.16. The van der Waals surface area contributed by atoms with E-state index < -0.39 is 11.1 Å². The second-order valence-electron chi connectivity index (χ2n) is 6.18. The molecule has 0 radical (unpaired) electrons. The summed E-state index contributed by atoms with van der Waals surface area (Å²) in [6, 6.07) is 2.65. The van der Waals surface area contributed by atoms with Gasteiger partial charge in [-0.15, -0.1) is 11.8 Å². The highest BCUT2D eigenvalue weighted by atomic mass is 35.5. The normalized spacial score (nSPS) is 13.2. The van der Waals surface area contributed by atoms with E-state index in [9.17, 15) is 14.0 Å². The van der Waals surface area contributed by atoms with Gasteiger partial charge in [-0.1, -0.05) is 45.2 Å². The summed E-state index contributed by atoms with van der Waals surface area (Å²) < 4.78 is 19.3. The lowest BCUT2D eigenvalue weighted by atomic mass is 10.1. The SMILES string of the molecule is CCCC(Sc1cc(NC(=O)CC(C)CC)c(F)cc1Cl)C(=O)OCC. The van der Waals surface area contributed by atoms with Crippen molar-refractivity contribution in [2.24, 2.45) is 5.92 Å². The van der Waals surface area contributed by atoms with Crippen LogP contribution in [-0.2, 0) is 14.3 Å². The van der Waals surface area contributed by atoms with E-state index in [-0.39, 0.29) is 28.5 Å². The van der Waals surface area contributed by atoms with Gasteiger partial charge in [0.05, 0.1) is 17.3 Å². The molecule has 0 saturated heterocycles. The Morgan fingerprint density at radius 3 is 2.58 bits per heavy atom. The largest absolute Gasteiger partial charge is 0.465 e. The number of nitrogens with one attached hydrogen (secondary N) is 1. The fraction of sp³-hybridized carbons (Fsp3) is 0.579. The fourth-order valence-electron chi connectivity index (χ4n) is 2.25. The Balaban J connectivity index is 2.97. The molecule has 7 heteroatoms. The van der Waals surface area contributed by atoms with Gasteiger partial charge in [0, 0.05) is 11.3 Å². The lowest BCUT2D eigenvalue weighted by Gasteiger charge is -2.17. The molecular weight excluding hydrogens is 377 g/mol. The number of rotatable bonds is 10. The number of amides is 1. The van der Waals surface area contributed by atoms with Crippen molar-refractivity contribution in [3.63, 3.8) is 0 Å².